The van der Waals surface area contributed by atoms with Gasteiger partial charge in [-0.05, 0) is 55.9 Å². The summed E-state index contributed by atoms with van der Waals surface area (Å²) in [4.78, 5) is 14.9. The molecule has 0 bridgehead atoms. The Morgan fingerprint density at radius 2 is 1.95 bits per heavy atom. The van der Waals surface area contributed by atoms with E-state index < -0.39 is 0 Å². The Hall–Kier alpha value is -0.570. The van der Waals surface area contributed by atoms with Gasteiger partial charge in [0, 0.05) is 13.1 Å². The maximum Gasteiger partial charge on any atom is 0.239 e. The first-order chi connectivity index (χ1) is 9.91. The summed E-state index contributed by atoms with van der Waals surface area (Å²) in [6, 6.07) is 0.0786. The molecular formula is C18H34N2O. The van der Waals surface area contributed by atoms with Crippen molar-refractivity contribution in [1.29, 1.82) is 0 Å². The molecule has 2 saturated heterocycles. The summed E-state index contributed by atoms with van der Waals surface area (Å²) >= 11 is 0. The number of rotatable bonds is 2. The van der Waals surface area contributed by atoms with Gasteiger partial charge in [-0.1, -0.05) is 34.1 Å². The van der Waals surface area contributed by atoms with Crippen LogP contribution in [0.25, 0.3) is 0 Å². The highest BCUT2D eigenvalue weighted by atomic mass is 16.2. The molecule has 2 aliphatic rings. The molecule has 3 nitrogen and oxygen atoms in total. The van der Waals surface area contributed by atoms with Crippen molar-refractivity contribution in [2.24, 2.45) is 17.3 Å². The van der Waals surface area contributed by atoms with Crippen molar-refractivity contribution in [2.75, 3.05) is 19.6 Å². The van der Waals surface area contributed by atoms with Crippen LogP contribution in [-0.2, 0) is 4.79 Å². The smallest absolute Gasteiger partial charge is 0.239 e. The topological polar surface area (TPSA) is 32.3 Å². The van der Waals surface area contributed by atoms with Gasteiger partial charge in [0.2, 0.25) is 5.91 Å². The zero-order valence-corrected chi connectivity index (χ0v) is 14.5. The van der Waals surface area contributed by atoms with Crippen LogP contribution in [0, 0.1) is 17.3 Å². The van der Waals surface area contributed by atoms with Crippen LogP contribution < -0.4 is 5.32 Å². The monoisotopic (exact) mass is 294 g/mol. The van der Waals surface area contributed by atoms with Gasteiger partial charge in [0.25, 0.3) is 0 Å². The molecule has 2 rings (SSSR count). The molecule has 1 amide bonds. The number of amides is 1. The summed E-state index contributed by atoms with van der Waals surface area (Å²) in [6.45, 7) is 12.2. The number of hydrogen-bond donors (Lipinski definition) is 1. The molecule has 3 atom stereocenters. The fourth-order valence-electron chi connectivity index (χ4n) is 3.96. The van der Waals surface area contributed by atoms with Crippen LogP contribution in [0.2, 0.25) is 0 Å². The normalized spacial score (nSPS) is 31.8. The summed E-state index contributed by atoms with van der Waals surface area (Å²) in [5.74, 6) is 1.84. The highest BCUT2D eigenvalue weighted by Crippen LogP contribution is 2.34. The highest BCUT2D eigenvalue weighted by Gasteiger charge is 2.32. The van der Waals surface area contributed by atoms with Crippen molar-refractivity contribution in [2.45, 2.75) is 72.3 Å². The fourth-order valence-corrected chi connectivity index (χ4v) is 3.96. The van der Waals surface area contributed by atoms with E-state index in [2.05, 4.69) is 37.9 Å². The van der Waals surface area contributed by atoms with E-state index in [9.17, 15) is 4.79 Å². The Kier molecular flexibility index (Phi) is 5.70. The third kappa shape index (κ3) is 4.45. The third-order valence-corrected chi connectivity index (χ3v) is 5.65. The van der Waals surface area contributed by atoms with E-state index in [0.29, 0.717) is 11.3 Å². The lowest BCUT2D eigenvalue weighted by Gasteiger charge is -2.33. The van der Waals surface area contributed by atoms with Gasteiger partial charge in [-0.15, -0.1) is 0 Å². The second-order valence-electron chi connectivity index (χ2n) is 8.12. The lowest BCUT2D eigenvalue weighted by Crippen LogP contribution is -2.50. The SMILES string of the molecule is CCC1CCNC(C(=O)N2CCCC(C(C)(C)C)CC2)C1. The minimum absolute atomic E-state index is 0.0786. The minimum atomic E-state index is 0.0786. The van der Waals surface area contributed by atoms with Gasteiger partial charge in [-0.25, -0.2) is 0 Å². The lowest BCUT2D eigenvalue weighted by atomic mass is 9.77. The van der Waals surface area contributed by atoms with Gasteiger partial charge in [-0.3, -0.25) is 4.79 Å². The first-order valence-electron chi connectivity index (χ1n) is 8.94. The van der Waals surface area contributed by atoms with Gasteiger partial charge in [0.1, 0.15) is 0 Å². The molecule has 2 heterocycles. The van der Waals surface area contributed by atoms with Gasteiger partial charge in [-0.2, -0.15) is 0 Å². The number of hydrogen-bond acceptors (Lipinski definition) is 2. The van der Waals surface area contributed by atoms with Crippen LogP contribution in [0.1, 0.15) is 66.2 Å². The molecule has 21 heavy (non-hydrogen) atoms. The van der Waals surface area contributed by atoms with Crippen LogP contribution in [0.4, 0.5) is 0 Å². The molecule has 0 saturated carbocycles. The minimum Gasteiger partial charge on any atom is -0.341 e. The molecule has 2 aliphatic heterocycles. The Morgan fingerprint density at radius 1 is 1.19 bits per heavy atom. The quantitative estimate of drug-likeness (QED) is 0.846. The molecule has 3 unspecified atom stereocenters. The maximum atomic E-state index is 12.8. The predicted octanol–water partition coefficient (Wildman–Crippen LogP) is 3.44. The average molecular weight is 294 g/mol. The largest absolute Gasteiger partial charge is 0.341 e. The third-order valence-electron chi connectivity index (χ3n) is 5.65. The van der Waals surface area contributed by atoms with Crippen molar-refractivity contribution in [3.8, 4) is 0 Å². The van der Waals surface area contributed by atoms with E-state index in [1.807, 2.05) is 0 Å². The molecular weight excluding hydrogens is 260 g/mol. The second kappa shape index (κ2) is 7.13. The molecule has 0 radical (unpaired) electrons. The van der Waals surface area contributed by atoms with Crippen molar-refractivity contribution in [3.63, 3.8) is 0 Å². The molecule has 122 valence electrons. The number of nitrogens with one attached hydrogen (secondary N) is 1. The Labute approximate surface area is 130 Å². The molecule has 3 heteroatoms. The van der Waals surface area contributed by atoms with Gasteiger partial charge < -0.3 is 10.2 Å². The van der Waals surface area contributed by atoms with E-state index >= 15 is 0 Å². The molecule has 0 aromatic carbocycles. The van der Waals surface area contributed by atoms with Crippen molar-refractivity contribution in [3.05, 3.63) is 0 Å². The molecule has 0 aromatic rings. The van der Waals surface area contributed by atoms with Crippen LogP contribution in [0.15, 0.2) is 0 Å². The van der Waals surface area contributed by atoms with Crippen LogP contribution in [-0.4, -0.2) is 36.5 Å². The van der Waals surface area contributed by atoms with E-state index in [1.165, 1.54) is 25.7 Å². The van der Waals surface area contributed by atoms with Crippen LogP contribution in [0.3, 0.4) is 0 Å². The number of piperidine rings is 1. The number of nitrogens with zero attached hydrogens (tertiary/aromatic N) is 1. The summed E-state index contributed by atoms with van der Waals surface area (Å²) in [7, 11) is 0. The number of carbonyl (C=O) groups excluding carboxylic acids is 1. The molecule has 0 aromatic heterocycles. The van der Waals surface area contributed by atoms with Crippen molar-refractivity contribution in [1.82, 2.24) is 10.2 Å². The summed E-state index contributed by atoms with van der Waals surface area (Å²) < 4.78 is 0. The summed E-state index contributed by atoms with van der Waals surface area (Å²) in [6.07, 6.45) is 7.07. The first-order valence-corrected chi connectivity index (χ1v) is 8.94. The Balaban J connectivity index is 1.91. The highest BCUT2D eigenvalue weighted by molar-refractivity contribution is 5.82. The van der Waals surface area contributed by atoms with E-state index in [4.69, 9.17) is 0 Å². The van der Waals surface area contributed by atoms with E-state index in [-0.39, 0.29) is 6.04 Å². The van der Waals surface area contributed by atoms with E-state index in [1.54, 1.807) is 0 Å². The predicted molar refractivity (Wildman–Crippen MR) is 88.2 cm³/mol. The Morgan fingerprint density at radius 3 is 2.62 bits per heavy atom. The van der Waals surface area contributed by atoms with E-state index in [0.717, 1.165) is 44.3 Å². The van der Waals surface area contributed by atoms with Crippen LogP contribution in [0.5, 0.6) is 0 Å². The molecule has 2 fully saturated rings. The first kappa shape index (κ1) is 16.8. The maximum absolute atomic E-state index is 12.8. The zero-order chi connectivity index (χ0) is 15.5. The molecule has 0 aliphatic carbocycles. The van der Waals surface area contributed by atoms with Gasteiger partial charge in [0.15, 0.2) is 0 Å². The van der Waals surface area contributed by atoms with Gasteiger partial charge >= 0.3 is 0 Å². The summed E-state index contributed by atoms with van der Waals surface area (Å²) in [5.41, 5.74) is 0.370. The van der Waals surface area contributed by atoms with Crippen molar-refractivity contribution < 1.29 is 4.79 Å². The number of likely N-dealkylation sites (tertiary alicyclic amines) is 1. The van der Waals surface area contributed by atoms with Gasteiger partial charge in [0.05, 0.1) is 6.04 Å². The molecule has 1 N–H and O–H groups in total. The summed E-state index contributed by atoms with van der Waals surface area (Å²) in [5, 5.41) is 3.45. The zero-order valence-electron chi connectivity index (χ0n) is 14.5. The average Bonchev–Trinajstić information content (AvgIpc) is 2.72. The lowest BCUT2D eigenvalue weighted by molar-refractivity contribution is -0.134. The second-order valence-corrected chi connectivity index (χ2v) is 8.12. The van der Waals surface area contributed by atoms with Crippen molar-refractivity contribution >= 4 is 5.91 Å². The number of carbonyl (C=O) groups is 1. The fraction of sp³-hybridized carbons (Fsp3) is 0.944. The molecule has 0 spiro atoms. The standard InChI is InChI=1S/C18H34N2O/c1-5-14-8-10-19-16(13-14)17(21)20-11-6-7-15(9-12-20)18(2,3)4/h14-16,19H,5-13H2,1-4H3. The Bertz CT molecular complexity index is 348. The van der Waals surface area contributed by atoms with Crippen LogP contribution >= 0.6 is 0 Å².